The molecule has 1 N–H and O–H groups in total. The molecule has 1 saturated heterocycles. The Morgan fingerprint density at radius 3 is 2.92 bits per heavy atom. The van der Waals surface area contributed by atoms with Crippen molar-refractivity contribution < 1.29 is 4.74 Å². The number of hydrogen-bond donors (Lipinski definition) is 1. The number of fused-ring (bicyclic) bond motifs is 3. The van der Waals surface area contributed by atoms with Crippen molar-refractivity contribution in [3.05, 3.63) is 48.3 Å². The minimum absolute atomic E-state index is 0.827. The lowest BCUT2D eigenvalue weighted by molar-refractivity contribution is 0.0342. The molecule has 4 heterocycles. The molecule has 0 unspecified atom stereocenters. The molecule has 3 aromatic heterocycles. The van der Waals surface area contributed by atoms with Crippen molar-refractivity contribution in [2.75, 3.05) is 26.3 Å². The predicted molar refractivity (Wildman–Crippen MR) is 102 cm³/mol. The van der Waals surface area contributed by atoms with Crippen LogP contribution < -0.4 is 0 Å². The van der Waals surface area contributed by atoms with Gasteiger partial charge in [-0.1, -0.05) is 18.2 Å². The average molecular weight is 347 g/mol. The van der Waals surface area contributed by atoms with Crippen LogP contribution >= 0.6 is 0 Å². The summed E-state index contributed by atoms with van der Waals surface area (Å²) in [6.07, 6.45) is 3.73. The quantitative estimate of drug-likeness (QED) is 0.619. The van der Waals surface area contributed by atoms with Gasteiger partial charge >= 0.3 is 0 Å². The highest BCUT2D eigenvalue weighted by Crippen LogP contribution is 2.29. The number of benzene rings is 1. The average Bonchev–Trinajstić information content (AvgIpc) is 3.26. The second-order valence-corrected chi connectivity index (χ2v) is 6.86. The number of nitrogens with zero attached hydrogens (tertiary/aromatic N) is 4. The molecule has 5 rings (SSSR count). The molecule has 6 nitrogen and oxygen atoms in total. The number of morpholine rings is 1. The fourth-order valence-electron chi connectivity index (χ4n) is 3.75. The molecule has 0 aliphatic carbocycles. The van der Waals surface area contributed by atoms with Crippen LogP contribution in [0.3, 0.4) is 0 Å². The van der Waals surface area contributed by atoms with Crippen molar-refractivity contribution in [1.29, 1.82) is 0 Å². The van der Waals surface area contributed by atoms with Crippen LogP contribution in [0.1, 0.15) is 5.56 Å². The molecule has 132 valence electrons. The fraction of sp³-hybridized carbons (Fsp3) is 0.300. The first-order valence-corrected chi connectivity index (χ1v) is 8.97. The van der Waals surface area contributed by atoms with Crippen LogP contribution in [0.2, 0.25) is 0 Å². The molecule has 6 heteroatoms. The van der Waals surface area contributed by atoms with Gasteiger partial charge in [0.25, 0.3) is 0 Å². The van der Waals surface area contributed by atoms with Crippen LogP contribution in [0.5, 0.6) is 0 Å². The summed E-state index contributed by atoms with van der Waals surface area (Å²) < 4.78 is 7.35. The number of H-pyrrole nitrogens is 1. The number of ether oxygens (including phenoxy) is 1. The third kappa shape index (κ3) is 2.67. The van der Waals surface area contributed by atoms with Gasteiger partial charge in [0.2, 0.25) is 0 Å². The molecule has 0 amide bonds. The van der Waals surface area contributed by atoms with Gasteiger partial charge in [0.1, 0.15) is 5.65 Å². The van der Waals surface area contributed by atoms with Gasteiger partial charge in [-0.15, -0.1) is 0 Å². The third-order valence-electron chi connectivity index (χ3n) is 5.10. The number of rotatable bonds is 3. The Morgan fingerprint density at radius 1 is 1.15 bits per heavy atom. The second-order valence-electron chi connectivity index (χ2n) is 6.86. The van der Waals surface area contributed by atoms with Crippen LogP contribution in [-0.4, -0.2) is 51.0 Å². The minimum Gasteiger partial charge on any atom is -0.379 e. The van der Waals surface area contributed by atoms with E-state index in [4.69, 9.17) is 4.74 Å². The zero-order valence-electron chi connectivity index (χ0n) is 14.8. The van der Waals surface area contributed by atoms with Gasteiger partial charge in [-0.25, -0.2) is 4.98 Å². The molecular weight excluding hydrogens is 326 g/mol. The topological polar surface area (TPSA) is 59.0 Å². The molecule has 0 bridgehead atoms. The van der Waals surface area contributed by atoms with Crippen molar-refractivity contribution in [2.24, 2.45) is 7.05 Å². The van der Waals surface area contributed by atoms with Gasteiger partial charge in [-0.3, -0.25) is 9.58 Å². The summed E-state index contributed by atoms with van der Waals surface area (Å²) in [7, 11) is 1.97. The smallest absolute Gasteiger partial charge is 0.139 e. The first-order valence-electron chi connectivity index (χ1n) is 8.97. The van der Waals surface area contributed by atoms with E-state index in [-0.39, 0.29) is 0 Å². The van der Waals surface area contributed by atoms with Crippen molar-refractivity contribution >= 4 is 21.9 Å². The summed E-state index contributed by atoms with van der Waals surface area (Å²) >= 11 is 0. The monoisotopic (exact) mass is 347 g/mol. The summed E-state index contributed by atoms with van der Waals surface area (Å²) in [6, 6.07) is 10.9. The lowest BCUT2D eigenvalue weighted by atomic mass is 10.1. The van der Waals surface area contributed by atoms with Crippen LogP contribution in [-0.2, 0) is 18.3 Å². The number of hydrogen-bond acceptors (Lipinski definition) is 4. The van der Waals surface area contributed by atoms with Gasteiger partial charge in [0.15, 0.2) is 0 Å². The van der Waals surface area contributed by atoms with E-state index >= 15 is 0 Å². The number of aromatic amines is 1. The Morgan fingerprint density at radius 2 is 2.04 bits per heavy atom. The molecular formula is C20H21N5O. The molecule has 0 radical (unpaired) electrons. The van der Waals surface area contributed by atoms with Crippen molar-refractivity contribution in [3.8, 4) is 11.3 Å². The first-order chi connectivity index (χ1) is 12.8. The summed E-state index contributed by atoms with van der Waals surface area (Å²) in [6.45, 7) is 4.61. The standard InChI is InChI=1S/C20H21N5O/c1-24-19-16(12-22-24)11-21-20-17(19)10-18(23-20)15-4-2-3-14(9-15)13-25-5-7-26-8-6-25/h2-4,9-12H,5-8,13H2,1H3,(H,21,23). The molecule has 0 saturated carbocycles. The largest absolute Gasteiger partial charge is 0.379 e. The van der Waals surface area contributed by atoms with E-state index in [1.807, 2.05) is 24.1 Å². The van der Waals surface area contributed by atoms with E-state index in [0.717, 1.165) is 60.5 Å². The van der Waals surface area contributed by atoms with Gasteiger partial charge in [0, 0.05) is 49.3 Å². The number of aryl methyl sites for hydroxylation is 1. The Kier molecular flexibility index (Phi) is 3.72. The molecule has 1 aliphatic rings. The first kappa shape index (κ1) is 15.5. The van der Waals surface area contributed by atoms with E-state index in [1.54, 1.807) is 0 Å². The lowest BCUT2D eigenvalue weighted by Gasteiger charge is -2.26. The summed E-state index contributed by atoms with van der Waals surface area (Å²) in [5.74, 6) is 0. The van der Waals surface area contributed by atoms with Crippen LogP contribution in [0, 0.1) is 0 Å². The van der Waals surface area contributed by atoms with E-state index < -0.39 is 0 Å². The molecule has 4 aromatic rings. The molecule has 1 fully saturated rings. The van der Waals surface area contributed by atoms with Crippen LogP contribution in [0.4, 0.5) is 0 Å². The second kappa shape index (κ2) is 6.23. The van der Waals surface area contributed by atoms with Crippen LogP contribution in [0.15, 0.2) is 42.7 Å². The summed E-state index contributed by atoms with van der Waals surface area (Å²) in [4.78, 5) is 10.5. The van der Waals surface area contributed by atoms with E-state index in [0.29, 0.717) is 0 Å². The Hall–Kier alpha value is -2.70. The molecule has 1 aromatic carbocycles. The maximum absolute atomic E-state index is 5.44. The van der Waals surface area contributed by atoms with E-state index in [9.17, 15) is 0 Å². The lowest BCUT2D eigenvalue weighted by Crippen LogP contribution is -2.35. The third-order valence-corrected chi connectivity index (χ3v) is 5.10. The van der Waals surface area contributed by atoms with Gasteiger partial charge in [0.05, 0.1) is 24.9 Å². The predicted octanol–water partition coefficient (Wildman–Crippen LogP) is 2.95. The molecule has 0 spiro atoms. The molecule has 26 heavy (non-hydrogen) atoms. The Labute approximate surface area is 151 Å². The van der Waals surface area contributed by atoms with Gasteiger partial charge < -0.3 is 9.72 Å². The van der Waals surface area contributed by atoms with Crippen molar-refractivity contribution in [1.82, 2.24) is 24.6 Å². The number of pyridine rings is 1. The summed E-state index contributed by atoms with van der Waals surface area (Å²) in [5, 5.41) is 6.52. The highest BCUT2D eigenvalue weighted by molar-refractivity contribution is 6.04. The number of nitrogens with one attached hydrogen (secondary N) is 1. The van der Waals surface area contributed by atoms with Crippen molar-refractivity contribution in [2.45, 2.75) is 6.54 Å². The highest BCUT2D eigenvalue weighted by atomic mass is 16.5. The van der Waals surface area contributed by atoms with Gasteiger partial charge in [-0.05, 0) is 23.3 Å². The van der Waals surface area contributed by atoms with E-state index in [1.165, 1.54) is 11.1 Å². The van der Waals surface area contributed by atoms with Crippen molar-refractivity contribution in [3.63, 3.8) is 0 Å². The van der Waals surface area contributed by atoms with E-state index in [2.05, 4.69) is 50.3 Å². The zero-order valence-corrected chi connectivity index (χ0v) is 14.8. The summed E-state index contributed by atoms with van der Waals surface area (Å²) in [5.41, 5.74) is 5.60. The highest BCUT2D eigenvalue weighted by Gasteiger charge is 2.13. The maximum atomic E-state index is 5.44. The fourth-order valence-corrected chi connectivity index (χ4v) is 3.75. The SMILES string of the molecule is Cn1ncc2cnc3[nH]c(-c4cccc(CN5CCOCC5)c4)cc3c21. The van der Waals surface area contributed by atoms with Gasteiger partial charge in [-0.2, -0.15) is 5.10 Å². The Bertz CT molecular complexity index is 1070. The molecule has 1 aliphatic heterocycles. The maximum Gasteiger partial charge on any atom is 0.139 e. The van der Waals surface area contributed by atoms with Crippen LogP contribution in [0.25, 0.3) is 33.2 Å². The minimum atomic E-state index is 0.827. The molecule has 0 atom stereocenters. The normalized spacial score (nSPS) is 15.9. The number of aromatic nitrogens is 4. The zero-order chi connectivity index (χ0) is 17.5. The Balaban J connectivity index is 1.52.